The van der Waals surface area contributed by atoms with Crippen molar-refractivity contribution < 1.29 is 8.42 Å². The summed E-state index contributed by atoms with van der Waals surface area (Å²) < 4.78 is 26.2. The minimum absolute atomic E-state index is 0.228. The van der Waals surface area contributed by atoms with Crippen LogP contribution in [-0.4, -0.2) is 15.5 Å². The van der Waals surface area contributed by atoms with E-state index in [-0.39, 0.29) is 4.90 Å². The van der Waals surface area contributed by atoms with Crippen LogP contribution in [0.3, 0.4) is 0 Å². The molecule has 0 fully saturated rings. The van der Waals surface area contributed by atoms with Crippen LogP contribution in [0.1, 0.15) is 11.1 Å². The Hall–Kier alpha value is -1.56. The number of halogens is 1. The quantitative estimate of drug-likeness (QED) is 0.888. The Morgan fingerprint density at radius 1 is 1.14 bits per heavy atom. The first-order chi connectivity index (χ1) is 9.94. The average Bonchev–Trinajstić information content (AvgIpc) is 2.49. The largest absolute Gasteiger partial charge is 0.380 e. The molecule has 0 bridgehead atoms. The number of benzene rings is 2. The van der Waals surface area contributed by atoms with Crippen LogP contribution in [0.4, 0.5) is 5.69 Å². The van der Waals surface area contributed by atoms with E-state index in [1.165, 1.54) is 7.05 Å². The maximum Gasteiger partial charge on any atom is 0.242 e. The third kappa shape index (κ3) is 3.75. The third-order valence-corrected chi connectivity index (χ3v) is 5.04. The molecule has 4 nitrogen and oxygen atoms in total. The Kier molecular flexibility index (Phi) is 4.88. The molecule has 2 rings (SSSR count). The first kappa shape index (κ1) is 15.8. The van der Waals surface area contributed by atoms with Crippen molar-refractivity contribution in [2.24, 2.45) is 0 Å². The number of nitrogens with one attached hydrogen (secondary N) is 2. The fraction of sp³-hybridized carbons (Fsp3) is 0.200. The fourth-order valence-corrected chi connectivity index (χ4v) is 3.01. The maximum absolute atomic E-state index is 12.0. The lowest BCUT2D eigenvalue weighted by Crippen LogP contribution is -2.20. The summed E-state index contributed by atoms with van der Waals surface area (Å²) in [5, 5.41) is 3.84. The predicted molar refractivity (Wildman–Crippen MR) is 86.2 cm³/mol. The van der Waals surface area contributed by atoms with Gasteiger partial charge in [0.05, 0.1) is 5.69 Å². The van der Waals surface area contributed by atoms with E-state index in [4.69, 9.17) is 11.6 Å². The second-order valence-corrected chi connectivity index (χ2v) is 6.90. The second-order valence-electron chi connectivity index (χ2n) is 4.64. The smallest absolute Gasteiger partial charge is 0.242 e. The molecule has 0 unspecified atom stereocenters. The molecular formula is C15H17ClN2O2S. The summed E-state index contributed by atoms with van der Waals surface area (Å²) >= 11 is 6.09. The number of sulfonamides is 1. The van der Waals surface area contributed by atoms with Crippen molar-refractivity contribution in [1.82, 2.24) is 4.72 Å². The Bertz CT molecular complexity index is 745. The molecule has 0 aliphatic carbocycles. The van der Waals surface area contributed by atoms with E-state index in [9.17, 15) is 8.42 Å². The topological polar surface area (TPSA) is 58.2 Å². The van der Waals surface area contributed by atoms with Crippen LogP contribution in [-0.2, 0) is 16.6 Å². The molecule has 2 aromatic carbocycles. The molecule has 2 aromatic rings. The third-order valence-electron chi connectivity index (χ3n) is 3.16. The molecule has 0 aliphatic rings. The standard InChI is InChI=1S/C15H17ClN2O2S/c1-11-7-8-12(9-13(11)16)10-18-14-5-3-4-6-15(14)21(19,20)17-2/h3-9,17-18H,10H2,1-2H3. The van der Waals surface area contributed by atoms with Gasteiger partial charge in [0.25, 0.3) is 0 Å². The zero-order valence-corrected chi connectivity index (χ0v) is 13.4. The Morgan fingerprint density at radius 2 is 1.86 bits per heavy atom. The number of hydrogen-bond donors (Lipinski definition) is 2. The molecule has 0 radical (unpaired) electrons. The summed E-state index contributed by atoms with van der Waals surface area (Å²) in [5.41, 5.74) is 2.56. The molecule has 6 heteroatoms. The first-order valence-electron chi connectivity index (χ1n) is 6.45. The number of para-hydroxylation sites is 1. The molecule has 0 aromatic heterocycles. The SMILES string of the molecule is CNS(=O)(=O)c1ccccc1NCc1ccc(C)c(Cl)c1. The van der Waals surface area contributed by atoms with Gasteiger partial charge in [-0.1, -0.05) is 35.9 Å². The number of hydrogen-bond acceptors (Lipinski definition) is 3. The minimum atomic E-state index is -3.49. The van der Waals surface area contributed by atoms with Gasteiger partial charge in [0.15, 0.2) is 0 Å². The van der Waals surface area contributed by atoms with Gasteiger partial charge in [0.1, 0.15) is 4.90 Å². The highest BCUT2D eigenvalue weighted by atomic mass is 35.5. The summed E-state index contributed by atoms with van der Waals surface area (Å²) in [7, 11) is -2.09. The van der Waals surface area contributed by atoms with Crippen LogP contribution in [0.2, 0.25) is 5.02 Å². The highest BCUT2D eigenvalue weighted by Gasteiger charge is 2.15. The fourth-order valence-electron chi connectivity index (χ4n) is 1.90. The summed E-state index contributed by atoms with van der Waals surface area (Å²) in [6.45, 7) is 2.44. The molecule has 0 saturated carbocycles. The van der Waals surface area contributed by atoms with Gasteiger partial charge in [0.2, 0.25) is 10.0 Å². The summed E-state index contributed by atoms with van der Waals surface area (Å²) in [5.74, 6) is 0. The molecule has 21 heavy (non-hydrogen) atoms. The Labute approximate surface area is 130 Å². The lowest BCUT2D eigenvalue weighted by Gasteiger charge is -2.12. The van der Waals surface area contributed by atoms with Gasteiger partial charge in [0, 0.05) is 11.6 Å². The van der Waals surface area contributed by atoms with E-state index < -0.39 is 10.0 Å². The lowest BCUT2D eigenvalue weighted by molar-refractivity contribution is 0.588. The van der Waals surface area contributed by atoms with Gasteiger partial charge >= 0.3 is 0 Å². The lowest BCUT2D eigenvalue weighted by atomic mass is 10.1. The highest BCUT2D eigenvalue weighted by molar-refractivity contribution is 7.89. The van der Waals surface area contributed by atoms with Crippen LogP contribution in [0, 0.1) is 6.92 Å². The van der Waals surface area contributed by atoms with Crippen LogP contribution >= 0.6 is 11.6 Å². The number of aryl methyl sites for hydroxylation is 1. The van der Waals surface area contributed by atoms with Gasteiger partial charge in [-0.05, 0) is 43.3 Å². The molecule has 0 heterocycles. The van der Waals surface area contributed by atoms with Crippen molar-refractivity contribution in [2.75, 3.05) is 12.4 Å². The predicted octanol–water partition coefficient (Wildman–Crippen LogP) is 3.17. The monoisotopic (exact) mass is 324 g/mol. The van der Waals surface area contributed by atoms with Crippen molar-refractivity contribution in [2.45, 2.75) is 18.4 Å². The molecule has 112 valence electrons. The van der Waals surface area contributed by atoms with Crippen molar-refractivity contribution in [1.29, 1.82) is 0 Å². The van der Waals surface area contributed by atoms with Crippen LogP contribution in [0.15, 0.2) is 47.4 Å². The van der Waals surface area contributed by atoms with E-state index in [0.717, 1.165) is 11.1 Å². The van der Waals surface area contributed by atoms with Crippen molar-refractivity contribution in [3.63, 3.8) is 0 Å². The second kappa shape index (κ2) is 6.47. The summed E-state index contributed by atoms with van der Waals surface area (Å²) in [6.07, 6.45) is 0. The van der Waals surface area contributed by atoms with E-state index in [2.05, 4.69) is 10.0 Å². The molecular weight excluding hydrogens is 308 g/mol. The maximum atomic E-state index is 12.0. The van der Waals surface area contributed by atoms with Crippen LogP contribution in [0.25, 0.3) is 0 Å². The number of anilines is 1. The normalized spacial score (nSPS) is 11.4. The van der Waals surface area contributed by atoms with Gasteiger partial charge in [-0.15, -0.1) is 0 Å². The van der Waals surface area contributed by atoms with E-state index in [0.29, 0.717) is 17.3 Å². The molecule has 0 atom stereocenters. The molecule has 0 aliphatic heterocycles. The van der Waals surface area contributed by atoms with E-state index in [1.54, 1.807) is 24.3 Å². The molecule has 0 spiro atoms. The Balaban J connectivity index is 2.23. The average molecular weight is 325 g/mol. The van der Waals surface area contributed by atoms with Gasteiger partial charge in [-0.2, -0.15) is 0 Å². The van der Waals surface area contributed by atoms with E-state index in [1.807, 2.05) is 25.1 Å². The van der Waals surface area contributed by atoms with Gasteiger partial charge < -0.3 is 5.32 Å². The zero-order chi connectivity index (χ0) is 15.5. The minimum Gasteiger partial charge on any atom is -0.380 e. The molecule has 2 N–H and O–H groups in total. The Morgan fingerprint density at radius 3 is 2.52 bits per heavy atom. The van der Waals surface area contributed by atoms with Crippen molar-refractivity contribution in [3.8, 4) is 0 Å². The van der Waals surface area contributed by atoms with Crippen LogP contribution in [0.5, 0.6) is 0 Å². The van der Waals surface area contributed by atoms with Crippen molar-refractivity contribution >= 4 is 27.3 Å². The van der Waals surface area contributed by atoms with Gasteiger partial charge in [-0.3, -0.25) is 0 Å². The zero-order valence-electron chi connectivity index (χ0n) is 11.9. The summed E-state index contributed by atoms with van der Waals surface area (Å²) in [6, 6.07) is 12.6. The number of rotatable bonds is 5. The van der Waals surface area contributed by atoms with Gasteiger partial charge in [-0.25, -0.2) is 13.1 Å². The van der Waals surface area contributed by atoms with Crippen LogP contribution < -0.4 is 10.0 Å². The highest BCUT2D eigenvalue weighted by Crippen LogP contribution is 2.22. The van der Waals surface area contributed by atoms with E-state index >= 15 is 0 Å². The molecule has 0 saturated heterocycles. The summed E-state index contributed by atoms with van der Waals surface area (Å²) in [4.78, 5) is 0.228. The van der Waals surface area contributed by atoms with Crippen molar-refractivity contribution in [3.05, 3.63) is 58.6 Å². The first-order valence-corrected chi connectivity index (χ1v) is 8.31. The molecule has 0 amide bonds.